The summed E-state index contributed by atoms with van der Waals surface area (Å²) in [6.45, 7) is 0. The van der Waals surface area contributed by atoms with Crippen molar-refractivity contribution in [3.05, 3.63) is 72.9 Å². The standard InChI is InChI=1S/C38H62O4/c39-37(40)35-33-31-29-27-25-23-21-19-17-15-13-11-9-7-5-3-1-2-4-6-8-10-12-14-16-18-20-22-24-26-28-30-32-34-36-38(41)42/h9,11,13-16,18,20-21,23,26,28H,1-8,10,12,17,19,22,24-25,27,29-36H2,(H,39,40)(H,41,42). The molecule has 0 atom stereocenters. The lowest BCUT2D eigenvalue weighted by atomic mass is 10.1. The minimum absolute atomic E-state index is 0.283. The third kappa shape index (κ3) is 37.4. The van der Waals surface area contributed by atoms with E-state index in [0.717, 1.165) is 77.0 Å². The van der Waals surface area contributed by atoms with Crippen LogP contribution in [0.15, 0.2) is 72.9 Å². The molecular weight excluding hydrogens is 520 g/mol. The van der Waals surface area contributed by atoms with Crippen molar-refractivity contribution in [1.82, 2.24) is 0 Å². The molecule has 0 amide bonds. The number of hydrogen-bond donors (Lipinski definition) is 2. The van der Waals surface area contributed by atoms with Crippen molar-refractivity contribution in [2.24, 2.45) is 0 Å². The van der Waals surface area contributed by atoms with Crippen molar-refractivity contribution in [2.45, 2.75) is 154 Å². The molecule has 0 aromatic carbocycles. The monoisotopic (exact) mass is 582 g/mol. The summed E-state index contributed by atoms with van der Waals surface area (Å²) in [5, 5.41) is 17.2. The van der Waals surface area contributed by atoms with Crippen molar-refractivity contribution in [1.29, 1.82) is 0 Å². The molecule has 0 aromatic heterocycles. The molecule has 0 spiro atoms. The van der Waals surface area contributed by atoms with Crippen molar-refractivity contribution in [3.8, 4) is 0 Å². The highest BCUT2D eigenvalue weighted by molar-refractivity contribution is 5.66. The van der Waals surface area contributed by atoms with Gasteiger partial charge in [0.05, 0.1) is 0 Å². The Kier molecular flexibility index (Phi) is 32.4. The minimum atomic E-state index is -0.697. The third-order valence-electron chi connectivity index (χ3n) is 7.11. The largest absolute Gasteiger partial charge is 0.481 e. The molecule has 4 nitrogen and oxygen atoms in total. The zero-order chi connectivity index (χ0) is 30.6. The van der Waals surface area contributed by atoms with Gasteiger partial charge in [-0.05, 0) is 89.9 Å². The van der Waals surface area contributed by atoms with Crippen LogP contribution < -0.4 is 0 Å². The van der Waals surface area contributed by atoms with Crippen LogP contribution in [-0.4, -0.2) is 22.2 Å². The molecule has 238 valence electrons. The number of allylic oxidation sites excluding steroid dienone is 12. The number of carbonyl (C=O) groups is 2. The molecule has 0 saturated heterocycles. The van der Waals surface area contributed by atoms with E-state index in [1.54, 1.807) is 0 Å². The van der Waals surface area contributed by atoms with Crippen LogP contribution in [0.25, 0.3) is 0 Å². The van der Waals surface area contributed by atoms with Crippen LogP contribution in [0.2, 0.25) is 0 Å². The first-order valence-corrected chi connectivity index (χ1v) is 17.0. The van der Waals surface area contributed by atoms with E-state index in [1.807, 2.05) is 0 Å². The Bertz CT molecular complexity index is 785. The van der Waals surface area contributed by atoms with E-state index in [1.165, 1.54) is 64.2 Å². The summed E-state index contributed by atoms with van der Waals surface area (Å²) in [7, 11) is 0. The van der Waals surface area contributed by atoms with Gasteiger partial charge in [-0.3, -0.25) is 9.59 Å². The van der Waals surface area contributed by atoms with Crippen LogP contribution in [0.3, 0.4) is 0 Å². The zero-order valence-corrected chi connectivity index (χ0v) is 26.6. The van der Waals surface area contributed by atoms with Gasteiger partial charge in [0.15, 0.2) is 0 Å². The summed E-state index contributed by atoms with van der Waals surface area (Å²) in [5.74, 6) is -1.38. The van der Waals surface area contributed by atoms with E-state index in [0.29, 0.717) is 6.42 Å². The Balaban J connectivity index is 3.34. The van der Waals surface area contributed by atoms with Crippen LogP contribution in [0, 0.1) is 0 Å². The second kappa shape index (κ2) is 34.6. The van der Waals surface area contributed by atoms with E-state index >= 15 is 0 Å². The summed E-state index contributed by atoms with van der Waals surface area (Å²) in [4.78, 5) is 20.9. The van der Waals surface area contributed by atoms with Gasteiger partial charge < -0.3 is 10.2 Å². The lowest BCUT2D eigenvalue weighted by Gasteiger charge is -2.00. The fraction of sp³-hybridized carbons (Fsp3) is 0.632. The summed E-state index contributed by atoms with van der Waals surface area (Å²) in [5.41, 5.74) is 0. The Morgan fingerprint density at radius 2 is 0.548 bits per heavy atom. The molecule has 42 heavy (non-hydrogen) atoms. The Labute approximate surface area is 258 Å². The average Bonchev–Trinajstić information content (AvgIpc) is 2.96. The van der Waals surface area contributed by atoms with E-state index in [-0.39, 0.29) is 6.42 Å². The van der Waals surface area contributed by atoms with Crippen LogP contribution in [0.5, 0.6) is 0 Å². The molecule has 0 unspecified atom stereocenters. The summed E-state index contributed by atoms with van der Waals surface area (Å²) < 4.78 is 0. The third-order valence-corrected chi connectivity index (χ3v) is 7.11. The Hall–Kier alpha value is -2.62. The first-order chi connectivity index (χ1) is 20.6. The molecule has 0 fully saturated rings. The van der Waals surface area contributed by atoms with E-state index in [4.69, 9.17) is 10.2 Å². The maximum Gasteiger partial charge on any atom is 0.303 e. The molecule has 0 aromatic rings. The fourth-order valence-corrected chi connectivity index (χ4v) is 4.57. The van der Waals surface area contributed by atoms with Crippen molar-refractivity contribution in [3.63, 3.8) is 0 Å². The predicted octanol–water partition coefficient (Wildman–Crippen LogP) is 11.9. The van der Waals surface area contributed by atoms with E-state index in [9.17, 15) is 9.59 Å². The summed E-state index contributed by atoms with van der Waals surface area (Å²) >= 11 is 0. The molecule has 4 heteroatoms. The van der Waals surface area contributed by atoms with Crippen LogP contribution in [0.1, 0.15) is 154 Å². The summed E-state index contributed by atoms with van der Waals surface area (Å²) in [6, 6.07) is 0. The van der Waals surface area contributed by atoms with Gasteiger partial charge in [0.25, 0.3) is 0 Å². The van der Waals surface area contributed by atoms with Crippen LogP contribution in [-0.2, 0) is 9.59 Å². The average molecular weight is 583 g/mol. The van der Waals surface area contributed by atoms with Gasteiger partial charge >= 0.3 is 11.9 Å². The number of unbranched alkanes of at least 4 members (excludes halogenated alkanes) is 17. The number of aliphatic carboxylic acids is 2. The van der Waals surface area contributed by atoms with Crippen molar-refractivity contribution < 1.29 is 19.8 Å². The van der Waals surface area contributed by atoms with Gasteiger partial charge in [-0.2, -0.15) is 0 Å². The molecule has 0 rings (SSSR count). The SMILES string of the molecule is O=C(O)CCCCC=CCCC=CC=CCCCCCCCCCCC=CC=CCCC=CCCCCCCC(=O)O. The molecular formula is C38H62O4. The smallest absolute Gasteiger partial charge is 0.303 e. The first-order valence-electron chi connectivity index (χ1n) is 17.0. The maximum absolute atomic E-state index is 10.5. The second-order valence-corrected chi connectivity index (χ2v) is 11.2. The van der Waals surface area contributed by atoms with Crippen molar-refractivity contribution in [2.75, 3.05) is 0 Å². The molecule has 0 saturated carbocycles. The number of hydrogen-bond acceptors (Lipinski definition) is 2. The number of carboxylic acids is 2. The Morgan fingerprint density at radius 3 is 0.952 bits per heavy atom. The summed E-state index contributed by atoms with van der Waals surface area (Å²) in [6.07, 6.45) is 52.6. The second-order valence-electron chi connectivity index (χ2n) is 11.2. The van der Waals surface area contributed by atoms with Gasteiger partial charge in [0, 0.05) is 12.8 Å². The lowest BCUT2D eigenvalue weighted by molar-refractivity contribution is -0.138. The first kappa shape index (κ1) is 39.4. The van der Waals surface area contributed by atoms with Gasteiger partial charge in [-0.1, -0.05) is 124 Å². The van der Waals surface area contributed by atoms with Crippen LogP contribution in [0.4, 0.5) is 0 Å². The van der Waals surface area contributed by atoms with Crippen LogP contribution >= 0.6 is 0 Å². The maximum atomic E-state index is 10.5. The highest BCUT2D eigenvalue weighted by Crippen LogP contribution is 2.11. The van der Waals surface area contributed by atoms with Gasteiger partial charge in [0.1, 0.15) is 0 Å². The Morgan fingerprint density at radius 1 is 0.310 bits per heavy atom. The molecule has 0 heterocycles. The molecule has 0 radical (unpaired) electrons. The van der Waals surface area contributed by atoms with E-state index in [2.05, 4.69) is 72.9 Å². The zero-order valence-electron chi connectivity index (χ0n) is 26.6. The van der Waals surface area contributed by atoms with Gasteiger partial charge in [-0.15, -0.1) is 0 Å². The quantitative estimate of drug-likeness (QED) is 0.0484. The topological polar surface area (TPSA) is 74.6 Å². The number of rotatable bonds is 31. The normalized spacial score (nSPS) is 12.5. The lowest BCUT2D eigenvalue weighted by Crippen LogP contribution is -1.93. The molecule has 2 N–H and O–H groups in total. The van der Waals surface area contributed by atoms with Crippen molar-refractivity contribution >= 4 is 11.9 Å². The minimum Gasteiger partial charge on any atom is -0.481 e. The van der Waals surface area contributed by atoms with Gasteiger partial charge in [-0.25, -0.2) is 0 Å². The molecule has 0 aliphatic heterocycles. The van der Waals surface area contributed by atoms with E-state index < -0.39 is 11.9 Å². The molecule has 0 bridgehead atoms. The highest BCUT2D eigenvalue weighted by Gasteiger charge is 1.96. The fourth-order valence-electron chi connectivity index (χ4n) is 4.57. The molecule has 0 aliphatic carbocycles. The number of carboxylic acid groups (broad SMARTS) is 2. The highest BCUT2D eigenvalue weighted by atomic mass is 16.4. The predicted molar refractivity (Wildman–Crippen MR) is 181 cm³/mol. The van der Waals surface area contributed by atoms with Gasteiger partial charge in [0.2, 0.25) is 0 Å². The molecule has 0 aliphatic rings.